The first-order valence-corrected chi connectivity index (χ1v) is 9.42. The van der Waals surface area contributed by atoms with E-state index in [-0.39, 0.29) is 23.4 Å². The molecule has 1 heterocycles. The molecule has 1 aliphatic rings. The second-order valence-electron chi connectivity index (χ2n) is 7.43. The molecule has 3 atom stereocenters. The summed E-state index contributed by atoms with van der Waals surface area (Å²) in [4.78, 5) is 14.8. The van der Waals surface area contributed by atoms with Crippen molar-refractivity contribution in [1.29, 1.82) is 0 Å². The third-order valence-electron chi connectivity index (χ3n) is 5.66. The number of aryl methyl sites for hydroxylation is 2. The third kappa shape index (κ3) is 3.50. The second kappa shape index (κ2) is 7.90. The summed E-state index contributed by atoms with van der Waals surface area (Å²) in [5, 5.41) is 13.2. The van der Waals surface area contributed by atoms with Crippen LogP contribution in [0.3, 0.4) is 0 Å². The SMILES string of the molecule is CC#CC(=O)NC1CCCC(c2c(F)c(F)c(C(N)O)c3[nH]c(C)c(C)c23)C1. The van der Waals surface area contributed by atoms with Crippen LogP contribution in [0.1, 0.15) is 67.1 Å². The fourth-order valence-corrected chi connectivity index (χ4v) is 4.29. The number of benzene rings is 1. The maximum atomic E-state index is 15.2. The Morgan fingerprint density at radius 3 is 2.68 bits per heavy atom. The first kappa shape index (κ1) is 20.3. The normalized spacial score (nSPS) is 20.5. The molecule has 150 valence electrons. The fraction of sp³-hybridized carbons (Fsp3) is 0.476. The molecule has 1 aliphatic carbocycles. The molecule has 0 saturated heterocycles. The van der Waals surface area contributed by atoms with Crippen molar-refractivity contribution in [2.75, 3.05) is 0 Å². The van der Waals surface area contributed by atoms with Crippen LogP contribution in [0.2, 0.25) is 0 Å². The lowest BCUT2D eigenvalue weighted by Crippen LogP contribution is -2.37. The lowest BCUT2D eigenvalue weighted by Gasteiger charge is -2.31. The Bertz CT molecular complexity index is 985. The van der Waals surface area contributed by atoms with Gasteiger partial charge in [-0.1, -0.05) is 12.3 Å². The number of nitrogens with two attached hydrogens (primary N) is 1. The first-order chi connectivity index (χ1) is 13.3. The molecule has 28 heavy (non-hydrogen) atoms. The van der Waals surface area contributed by atoms with E-state index in [0.29, 0.717) is 29.3 Å². The Morgan fingerprint density at radius 1 is 1.32 bits per heavy atom. The summed E-state index contributed by atoms with van der Waals surface area (Å²) < 4.78 is 30.0. The molecule has 0 aliphatic heterocycles. The van der Waals surface area contributed by atoms with E-state index in [9.17, 15) is 14.3 Å². The molecule has 1 aromatic heterocycles. The van der Waals surface area contributed by atoms with Gasteiger partial charge in [0.25, 0.3) is 5.91 Å². The molecule has 7 heteroatoms. The first-order valence-electron chi connectivity index (χ1n) is 9.42. The molecule has 5 N–H and O–H groups in total. The number of halogens is 2. The number of fused-ring (bicyclic) bond motifs is 1. The molecule has 0 spiro atoms. The largest absolute Gasteiger partial charge is 0.374 e. The maximum Gasteiger partial charge on any atom is 0.296 e. The molecule has 3 unspecified atom stereocenters. The standard InChI is InChI=1S/C21H25F2N3O2/c1-4-6-14(27)26-13-8-5-7-12(9-13)16-15-10(2)11(3)25-20(15)17(21(24)28)19(23)18(16)22/h12-13,21,25,28H,5,7-9,24H2,1-3H3,(H,26,27). The highest BCUT2D eigenvalue weighted by Gasteiger charge is 2.32. The van der Waals surface area contributed by atoms with Gasteiger partial charge in [0.05, 0.1) is 11.1 Å². The molecule has 5 nitrogen and oxygen atoms in total. The number of aromatic amines is 1. The monoisotopic (exact) mass is 389 g/mol. The van der Waals surface area contributed by atoms with Gasteiger partial charge in [-0.2, -0.15) is 0 Å². The van der Waals surface area contributed by atoms with Crippen LogP contribution in [-0.2, 0) is 4.79 Å². The van der Waals surface area contributed by atoms with Crippen LogP contribution in [0.25, 0.3) is 10.9 Å². The highest BCUT2D eigenvalue weighted by atomic mass is 19.2. The molecule has 0 radical (unpaired) electrons. The molecule has 2 aromatic rings. The number of hydrogen-bond acceptors (Lipinski definition) is 3. The lowest BCUT2D eigenvalue weighted by atomic mass is 9.79. The van der Waals surface area contributed by atoms with E-state index in [1.807, 2.05) is 13.8 Å². The predicted octanol–water partition coefficient (Wildman–Crippen LogP) is 3.18. The minimum atomic E-state index is -1.63. The average molecular weight is 389 g/mol. The predicted molar refractivity (Wildman–Crippen MR) is 103 cm³/mol. The van der Waals surface area contributed by atoms with E-state index < -0.39 is 17.9 Å². The van der Waals surface area contributed by atoms with Crippen molar-refractivity contribution in [3.8, 4) is 11.8 Å². The summed E-state index contributed by atoms with van der Waals surface area (Å²) in [6.45, 7) is 5.23. The Hall–Kier alpha value is -2.43. The van der Waals surface area contributed by atoms with Crippen molar-refractivity contribution < 1.29 is 18.7 Å². The maximum absolute atomic E-state index is 15.2. The van der Waals surface area contributed by atoms with Gasteiger partial charge in [-0.05, 0) is 57.4 Å². The summed E-state index contributed by atoms with van der Waals surface area (Å²) in [5.41, 5.74) is 7.44. The van der Waals surface area contributed by atoms with Gasteiger partial charge in [0.15, 0.2) is 11.6 Å². The molecule has 3 rings (SSSR count). The second-order valence-corrected chi connectivity index (χ2v) is 7.43. The molecular weight excluding hydrogens is 364 g/mol. The van der Waals surface area contributed by atoms with E-state index >= 15 is 4.39 Å². The van der Waals surface area contributed by atoms with Crippen LogP contribution in [0.5, 0.6) is 0 Å². The van der Waals surface area contributed by atoms with Crippen molar-refractivity contribution in [2.24, 2.45) is 5.73 Å². The van der Waals surface area contributed by atoms with Gasteiger partial charge < -0.3 is 21.1 Å². The average Bonchev–Trinajstić information content (AvgIpc) is 2.91. The Labute approximate surface area is 162 Å². The molecular formula is C21H25F2N3O2. The highest BCUT2D eigenvalue weighted by molar-refractivity contribution is 5.93. The summed E-state index contributed by atoms with van der Waals surface area (Å²) >= 11 is 0. The number of aliphatic hydroxyl groups excluding tert-OH is 1. The number of carbonyl (C=O) groups is 1. The van der Waals surface area contributed by atoms with E-state index in [1.54, 1.807) is 6.92 Å². The zero-order valence-electron chi connectivity index (χ0n) is 16.2. The lowest BCUT2D eigenvalue weighted by molar-refractivity contribution is -0.116. The van der Waals surface area contributed by atoms with Crippen LogP contribution in [0.4, 0.5) is 8.78 Å². The molecule has 1 amide bonds. The minimum Gasteiger partial charge on any atom is -0.374 e. The molecule has 1 saturated carbocycles. The summed E-state index contributed by atoms with van der Waals surface area (Å²) in [7, 11) is 0. The van der Waals surface area contributed by atoms with Crippen molar-refractivity contribution in [2.45, 2.75) is 64.6 Å². The van der Waals surface area contributed by atoms with Crippen LogP contribution in [-0.4, -0.2) is 22.0 Å². The number of nitrogens with one attached hydrogen (secondary N) is 2. The van der Waals surface area contributed by atoms with Gasteiger partial charge in [0.1, 0.15) is 6.23 Å². The number of aliphatic hydroxyl groups is 1. The highest BCUT2D eigenvalue weighted by Crippen LogP contribution is 2.42. The van der Waals surface area contributed by atoms with Gasteiger partial charge in [-0.3, -0.25) is 4.79 Å². The topological polar surface area (TPSA) is 91.1 Å². The van der Waals surface area contributed by atoms with Gasteiger partial charge in [0, 0.05) is 22.7 Å². The third-order valence-corrected chi connectivity index (χ3v) is 5.66. The number of rotatable bonds is 3. The summed E-state index contributed by atoms with van der Waals surface area (Å²) in [5.74, 6) is 2.29. The Morgan fingerprint density at radius 2 is 2.04 bits per heavy atom. The number of hydrogen-bond donors (Lipinski definition) is 4. The summed E-state index contributed by atoms with van der Waals surface area (Å²) in [6.07, 6.45) is 1.10. The van der Waals surface area contributed by atoms with E-state index in [1.165, 1.54) is 0 Å². The number of amides is 1. The molecule has 0 bridgehead atoms. The van der Waals surface area contributed by atoms with Crippen molar-refractivity contribution in [3.63, 3.8) is 0 Å². The summed E-state index contributed by atoms with van der Waals surface area (Å²) in [6, 6.07) is -0.148. The van der Waals surface area contributed by atoms with Gasteiger partial charge in [-0.25, -0.2) is 8.78 Å². The van der Waals surface area contributed by atoms with E-state index in [4.69, 9.17) is 5.73 Å². The van der Waals surface area contributed by atoms with Crippen LogP contribution in [0.15, 0.2) is 0 Å². The van der Waals surface area contributed by atoms with Crippen LogP contribution < -0.4 is 11.1 Å². The minimum absolute atomic E-state index is 0.148. The fourth-order valence-electron chi connectivity index (χ4n) is 4.29. The van der Waals surface area contributed by atoms with E-state index in [0.717, 1.165) is 24.1 Å². The smallest absolute Gasteiger partial charge is 0.296 e. The van der Waals surface area contributed by atoms with Gasteiger partial charge >= 0.3 is 0 Å². The quantitative estimate of drug-likeness (QED) is 0.480. The van der Waals surface area contributed by atoms with Crippen LogP contribution in [0, 0.1) is 37.3 Å². The van der Waals surface area contributed by atoms with Crippen molar-refractivity contribution in [3.05, 3.63) is 34.0 Å². The zero-order chi connectivity index (χ0) is 20.6. The molecule has 1 aromatic carbocycles. The number of H-pyrrole nitrogens is 1. The number of aromatic nitrogens is 1. The van der Waals surface area contributed by atoms with Crippen molar-refractivity contribution in [1.82, 2.24) is 10.3 Å². The zero-order valence-corrected chi connectivity index (χ0v) is 16.2. The van der Waals surface area contributed by atoms with Crippen molar-refractivity contribution >= 4 is 16.8 Å². The van der Waals surface area contributed by atoms with Crippen LogP contribution >= 0.6 is 0 Å². The van der Waals surface area contributed by atoms with E-state index in [2.05, 4.69) is 22.1 Å². The Kier molecular flexibility index (Phi) is 5.73. The Balaban J connectivity index is 2.09. The van der Waals surface area contributed by atoms with Gasteiger partial charge in [0.2, 0.25) is 0 Å². The molecule has 1 fully saturated rings. The number of carbonyl (C=O) groups excluding carboxylic acids is 1. The van der Waals surface area contributed by atoms with Gasteiger partial charge in [-0.15, -0.1) is 0 Å².